The highest BCUT2D eigenvalue weighted by atomic mass is 32.3. The second-order valence-electron chi connectivity index (χ2n) is 8.39. The third-order valence-electron chi connectivity index (χ3n) is 5.24. The first-order valence-corrected chi connectivity index (χ1v) is 12.9. The largest absolute Gasteiger partial charge is 0.726 e. The molecule has 0 aromatic heterocycles. The molecule has 5 nitrogen and oxygen atoms in total. The van der Waals surface area contributed by atoms with Crippen molar-refractivity contribution < 1.29 is 21.6 Å². The average molecular weight is 424 g/mol. The van der Waals surface area contributed by atoms with Gasteiger partial charge in [-0.2, -0.15) is 0 Å². The second kappa shape index (κ2) is 20.1. The van der Waals surface area contributed by atoms with Gasteiger partial charge in [-0.05, 0) is 26.7 Å². The normalized spacial score (nSPS) is 11.9. The van der Waals surface area contributed by atoms with Crippen molar-refractivity contribution >= 4 is 10.4 Å². The lowest BCUT2D eigenvalue weighted by molar-refractivity contribution is -0.888. The van der Waals surface area contributed by atoms with Gasteiger partial charge < -0.3 is 9.04 Å². The predicted octanol–water partition coefficient (Wildman–Crippen LogP) is 6.05. The minimum Gasteiger partial charge on any atom is -0.726 e. The maximum Gasteiger partial charge on any atom is 0.217 e. The Balaban J connectivity index is 0. The molecule has 28 heavy (non-hydrogen) atoms. The summed E-state index contributed by atoms with van der Waals surface area (Å²) in [5.74, 6) is 0. The second-order valence-corrected chi connectivity index (χ2v) is 9.44. The zero-order valence-corrected chi connectivity index (χ0v) is 20.3. The van der Waals surface area contributed by atoms with Crippen molar-refractivity contribution in [2.75, 3.05) is 33.8 Å². The van der Waals surface area contributed by atoms with Crippen LogP contribution in [0.25, 0.3) is 0 Å². The van der Waals surface area contributed by atoms with Crippen LogP contribution in [0.1, 0.15) is 111 Å². The molecule has 172 valence electrons. The van der Waals surface area contributed by atoms with Crippen molar-refractivity contribution in [2.45, 2.75) is 111 Å². The summed E-state index contributed by atoms with van der Waals surface area (Å²) in [7, 11) is 0.275. The van der Waals surface area contributed by atoms with Crippen LogP contribution < -0.4 is 0 Å². The number of rotatable bonds is 18. The van der Waals surface area contributed by atoms with Crippen LogP contribution in [-0.2, 0) is 14.6 Å². The van der Waals surface area contributed by atoms with Crippen molar-refractivity contribution in [3.05, 3.63) is 0 Å². The molecule has 0 fully saturated rings. The Labute approximate surface area is 176 Å². The molecule has 0 radical (unpaired) electrons. The van der Waals surface area contributed by atoms with Crippen LogP contribution in [0.5, 0.6) is 0 Å². The lowest BCUT2D eigenvalue weighted by atomic mass is 10.0. The Kier molecular flexibility index (Phi) is 21.6. The van der Waals surface area contributed by atoms with Crippen LogP contribution >= 0.6 is 0 Å². The van der Waals surface area contributed by atoms with Gasteiger partial charge in [-0.15, -0.1) is 0 Å². The maximum absolute atomic E-state index is 9.45. The standard InChI is InChI=1S/C20H44N.C2H6O4S/c1-5-7-8-9-10-11-12-13-14-15-16-17-18-19-20-21(3,4)6-2;1-2-6-7(3,4)5/h5-20H2,1-4H3;2H2,1H3,(H,3,4,5)/q+1;/p-1. The highest BCUT2D eigenvalue weighted by Crippen LogP contribution is 2.13. The van der Waals surface area contributed by atoms with E-state index in [1.807, 2.05) is 0 Å². The highest BCUT2D eigenvalue weighted by Gasteiger charge is 2.09. The minimum absolute atomic E-state index is 0.0914. The zero-order chi connectivity index (χ0) is 21.7. The number of quaternary nitrogens is 1. The number of hydrogen-bond donors (Lipinski definition) is 0. The van der Waals surface area contributed by atoms with E-state index in [1.165, 1.54) is 114 Å². The molecule has 0 aliphatic carbocycles. The van der Waals surface area contributed by atoms with Crippen LogP contribution in [-0.4, -0.2) is 51.2 Å². The first kappa shape index (κ1) is 30.0. The fourth-order valence-electron chi connectivity index (χ4n) is 3.04. The van der Waals surface area contributed by atoms with Gasteiger partial charge in [0, 0.05) is 0 Å². The van der Waals surface area contributed by atoms with Gasteiger partial charge in [-0.25, -0.2) is 8.42 Å². The molecule has 0 saturated carbocycles. The number of nitrogens with zero attached hydrogens (tertiary/aromatic N) is 1. The molecule has 0 heterocycles. The topological polar surface area (TPSA) is 66.4 Å². The summed E-state index contributed by atoms with van der Waals surface area (Å²) in [5, 5.41) is 0. The van der Waals surface area contributed by atoms with Crippen molar-refractivity contribution in [3.63, 3.8) is 0 Å². The summed E-state index contributed by atoms with van der Waals surface area (Å²) in [5.41, 5.74) is 0. The Morgan fingerprint density at radius 3 is 1.29 bits per heavy atom. The van der Waals surface area contributed by atoms with E-state index in [4.69, 9.17) is 0 Å². The van der Waals surface area contributed by atoms with E-state index >= 15 is 0 Å². The Morgan fingerprint density at radius 1 is 0.679 bits per heavy atom. The fourth-order valence-corrected chi connectivity index (χ4v) is 3.33. The van der Waals surface area contributed by atoms with E-state index in [9.17, 15) is 13.0 Å². The lowest BCUT2D eigenvalue weighted by Gasteiger charge is -2.28. The van der Waals surface area contributed by atoms with E-state index in [0.717, 1.165) is 0 Å². The van der Waals surface area contributed by atoms with E-state index in [2.05, 4.69) is 32.1 Å². The van der Waals surface area contributed by atoms with E-state index < -0.39 is 10.4 Å². The van der Waals surface area contributed by atoms with Gasteiger partial charge in [0.15, 0.2) is 0 Å². The summed E-state index contributed by atoms with van der Waals surface area (Å²) in [6.07, 6.45) is 20.4. The lowest BCUT2D eigenvalue weighted by Crippen LogP contribution is -2.39. The molecule has 0 N–H and O–H groups in total. The molecule has 6 heteroatoms. The summed E-state index contributed by atoms with van der Waals surface area (Å²) in [6.45, 7) is 8.54. The Morgan fingerprint density at radius 2 is 1.04 bits per heavy atom. The van der Waals surface area contributed by atoms with Crippen LogP contribution in [0, 0.1) is 0 Å². The molecule has 0 atom stereocenters. The molecule has 0 aliphatic rings. The first-order chi connectivity index (χ1) is 13.2. The van der Waals surface area contributed by atoms with Gasteiger partial charge in [0.05, 0.1) is 33.8 Å². The molecular weight excluding hydrogens is 374 g/mol. The van der Waals surface area contributed by atoms with Crippen LogP contribution in [0.4, 0.5) is 0 Å². The quantitative estimate of drug-likeness (QED) is 0.116. The van der Waals surface area contributed by atoms with Gasteiger partial charge in [0.25, 0.3) is 0 Å². The minimum atomic E-state index is -4.42. The highest BCUT2D eigenvalue weighted by molar-refractivity contribution is 7.80. The molecule has 0 bridgehead atoms. The molecular formula is C22H49NO4S. The van der Waals surface area contributed by atoms with Gasteiger partial charge in [-0.3, -0.25) is 4.18 Å². The maximum atomic E-state index is 9.45. The van der Waals surface area contributed by atoms with Gasteiger partial charge >= 0.3 is 0 Å². The number of unbranched alkanes of at least 4 members (excludes halogenated alkanes) is 13. The van der Waals surface area contributed by atoms with Crippen molar-refractivity contribution in [1.82, 2.24) is 0 Å². The predicted molar refractivity (Wildman–Crippen MR) is 119 cm³/mol. The molecule has 0 amide bonds. The van der Waals surface area contributed by atoms with Gasteiger partial charge in [-0.1, -0.05) is 84.0 Å². The monoisotopic (exact) mass is 423 g/mol. The Bertz CT molecular complexity index is 411. The average Bonchev–Trinajstić information content (AvgIpc) is 2.61. The van der Waals surface area contributed by atoms with E-state index in [0.29, 0.717) is 0 Å². The van der Waals surface area contributed by atoms with Gasteiger partial charge in [0.2, 0.25) is 10.4 Å². The van der Waals surface area contributed by atoms with Crippen LogP contribution in [0.15, 0.2) is 0 Å². The van der Waals surface area contributed by atoms with E-state index in [1.54, 1.807) is 0 Å². The molecule has 0 aliphatic heterocycles. The fraction of sp³-hybridized carbons (Fsp3) is 1.00. The molecule has 0 unspecified atom stereocenters. The number of hydrogen-bond acceptors (Lipinski definition) is 4. The van der Waals surface area contributed by atoms with Crippen molar-refractivity contribution in [3.8, 4) is 0 Å². The molecule has 0 rings (SSSR count). The summed E-state index contributed by atoms with van der Waals surface area (Å²) in [6, 6.07) is 0. The third-order valence-corrected chi connectivity index (χ3v) is 5.76. The third kappa shape index (κ3) is 28.0. The van der Waals surface area contributed by atoms with Crippen LogP contribution in [0.3, 0.4) is 0 Å². The Hall–Kier alpha value is -0.170. The van der Waals surface area contributed by atoms with Crippen molar-refractivity contribution in [1.29, 1.82) is 0 Å². The smallest absolute Gasteiger partial charge is 0.217 e. The van der Waals surface area contributed by atoms with Crippen LogP contribution in [0.2, 0.25) is 0 Å². The summed E-state index contributed by atoms with van der Waals surface area (Å²) >= 11 is 0. The molecule has 0 aromatic carbocycles. The van der Waals surface area contributed by atoms with E-state index in [-0.39, 0.29) is 6.61 Å². The molecule has 0 saturated heterocycles. The summed E-state index contributed by atoms with van der Waals surface area (Å²) < 4.78 is 33.2. The SMILES string of the molecule is CCCCCCCCCCCCCCCC[N+](C)(C)CC.CCOS(=O)(=O)[O-]. The van der Waals surface area contributed by atoms with Gasteiger partial charge in [0.1, 0.15) is 0 Å². The summed E-state index contributed by atoms with van der Waals surface area (Å²) in [4.78, 5) is 0. The first-order valence-electron chi connectivity index (χ1n) is 11.6. The zero-order valence-electron chi connectivity index (χ0n) is 19.5. The van der Waals surface area contributed by atoms with Crippen molar-refractivity contribution in [2.24, 2.45) is 0 Å². The molecule has 0 spiro atoms. The molecule has 0 aromatic rings.